The fourth-order valence-electron chi connectivity index (χ4n) is 9.27. The van der Waals surface area contributed by atoms with Gasteiger partial charge in [-0.05, 0) is 85.1 Å². The minimum atomic E-state index is -5.86. The van der Waals surface area contributed by atoms with Crippen LogP contribution in [-0.4, -0.2) is 70.5 Å². The van der Waals surface area contributed by atoms with Crippen LogP contribution in [0.3, 0.4) is 0 Å². The number of carbonyl (C=O) groups excluding carboxylic acids is 2. The molecule has 1 aromatic rings. The van der Waals surface area contributed by atoms with Crippen LogP contribution >= 0.6 is 0 Å². The second-order valence-corrected chi connectivity index (χ2v) is 13.8. The van der Waals surface area contributed by atoms with Gasteiger partial charge in [-0.1, -0.05) is 36.8 Å². The number of hydrogen-bond acceptors (Lipinski definition) is 4. The van der Waals surface area contributed by atoms with Gasteiger partial charge < -0.3 is 10.0 Å². The molecule has 1 N–H and O–H groups in total. The Morgan fingerprint density at radius 2 is 1.73 bits per heavy atom. The second kappa shape index (κ2) is 11.0. The fraction of sp³-hybridized carbons (Fsp3) is 0.647. The molecule has 0 radical (unpaired) electrons. The highest BCUT2D eigenvalue weighted by molar-refractivity contribution is 5.93. The van der Waals surface area contributed by atoms with Gasteiger partial charge in [0, 0.05) is 57.4 Å². The van der Waals surface area contributed by atoms with Gasteiger partial charge in [-0.25, -0.2) is 0 Å². The van der Waals surface area contributed by atoms with Gasteiger partial charge in [0.25, 0.3) is 0 Å². The average molecular weight is 621 g/mol. The molecule has 1 heterocycles. The van der Waals surface area contributed by atoms with Gasteiger partial charge >= 0.3 is 12.1 Å². The van der Waals surface area contributed by atoms with Crippen molar-refractivity contribution >= 4 is 11.7 Å². The first kappa shape index (κ1) is 31.4. The van der Waals surface area contributed by atoms with Crippen molar-refractivity contribution in [3.8, 4) is 0 Å². The minimum Gasteiger partial charge on any atom is -0.383 e. The largest absolute Gasteiger partial charge is 0.456 e. The molecule has 0 aromatic heterocycles. The number of halogens is 5. The van der Waals surface area contributed by atoms with Crippen LogP contribution in [0.2, 0.25) is 0 Å². The van der Waals surface area contributed by atoms with Gasteiger partial charge in [-0.15, -0.1) is 0 Å². The summed E-state index contributed by atoms with van der Waals surface area (Å²) in [4.78, 5) is 28.2. The zero-order valence-electron chi connectivity index (χ0n) is 25.4. The van der Waals surface area contributed by atoms with Crippen LogP contribution in [0.4, 0.5) is 22.0 Å². The maximum absolute atomic E-state index is 15.2. The SMILES string of the molecule is CC(=O)N1CCCN(Cc2ccc([C@H]3CC4(C)C(CC[C@@]4(O)C(F)(F)C(F)(F)F)C4CCC5=CC(=O)CCC5=C43)cc2)CC1. The number of amides is 1. The maximum atomic E-state index is 15.2. The normalized spacial score (nSPS) is 33.4. The Balaban J connectivity index is 1.35. The Labute approximate surface area is 255 Å². The molecule has 10 heteroatoms. The lowest BCUT2D eigenvalue weighted by atomic mass is 9.50. The smallest absolute Gasteiger partial charge is 0.383 e. The molecule has 1 aromatic carbocycles. The van der Waals surface area contributed by atoms with Crippen LogP contribution in [0.1, 0.15) is 82.3 Å². The molecule has 2 saturated carbocycles. The first-order valence-corrected chi connectivity index (χ1v) is 15.9. The van der Waals surface area contributed by atoms with Crippen molar-refractivity contribution < 1.29 is 36.6 Å². The first-order chi connectivity index (χ1) is 20.7. The Hall–Kier alpha value is -2.59. The van der Waals surface area contributed by atoms with Gasteiger partial charge in [0.05, 0.1) is 0 Å². The molecule has 5 atom stereocenters. The zero-order valence-corrected chi connectivity index (χ0v) is 25.4. The molecule has 5 aliphatic rings. The third-order valence-corrected chi connectivity index (χ3v) is 11.6. The third-order valence-electron chi connectivity index (χ3n) is 11.6. The molecule has 3 unspecified atom stereocenters. The highest BCUT2D eigenvalue weighted by atomic mass is 19.4. The van der Waals surface area contributed by atoms with Gasteiger partial charge in [0.2, 0.25) is 5.91 Å². The summed E-state index contributed by atoms with van der Waals surface area (Å²) in [7, 11) is 0. The van der Waals surface area contributed by atoms with Crippen molar-refractivity contribution in [3.63, 3.8) is 0 Å². The topological polar surface area (TPSA) is 60.9 Å². The van der Waals surface area contributed by atoms with Crippen LogP contribution in [-0.2, 0) is 16.1 Å². The predicted molar refractivity (Wildman–Crippen MR) is 155 cm³/mol. The molecule has 240 valence electrons. The van der Waals surface area contributed by atoms with E-state index in [-0.39, 0.29) is 30.4 Å². The van der Waals surface area contributed by atoms with E-state index in [0.29, 0.717) is 38.8 Å². The zero-order chi connectivity index (χ0) is 31.7. The monoisotopic (exact) mass is 620 g/mol. The number of ketones is 1. The second-order valence-electron chi connectivity index (χ2n) is 13.8. The Kier molecular flexibility index (Phi) is 7.88. The summed E-state index contributed by atoms with van der Waals surface area (Å²) in [5.41, 5.74) is 0.111. The Morgan fingerprint density at radius 1 is 1.00 bits per heavy atom. The molecule has 3 fully saturated rings. The van der Waals surface area contributed by atoms with Gasteiger partial charge in [-0.3, -0.25) is 14.5 Å². The molecular formula is C34H41F5N2O3. The lowest BCUT2D eigenvalue weighted by Crippen LogP contribution is -2.65. The summed E-state index contributed by atoms with van der Waals surface area (Å²) in [6.07, 6.45) is -1.79. The molecule has 1 aliphatic heterocycles. The van der Waals surface area contributed by atoms with E-state index < -0.39 is 41.4 Å². The number of nitrogens with zero attached hydrogens (tertiary/aromatic N) is 2. The summed E-state index contributed by atoms with van der Waals surface area (Å²) in [6.45, 7) is 6.71. The van der Waals surface area contributed by atoms with E-state index in [9.17, 15) is 27.9 Å². The van der Waals surface area contributed by atoms with Crippen molar-refractivity contribution in [2.75, 3.05) is 26.2 Å². The Morgan fingerprint density at radius 3 is 2.41 bits per heavy atom. The third kappa shape index (κ3) is 4.95. The highest BCUT2D eigenvalue weighted by Crippen LogP contribution is 2.70. The predicted octanol–water partition coefficient (Wildman–Crippen LogP) is 6.57. The fourth-order valence-corrected chi connectivity index (χ4v) is 9.27. The van der Waals surface area contributed by atoms with Crippen LogP contribution in [0.5, 0.6) is 0 Å². The number of carbonyl (C=O) groups is 2. The number of alkyl halides is 5. The summed E-state index contributed by atoms with van der Waals surface area (Å²) in [5.74, 6) is -6.32. The molecule has 4 aliphatic carbocycles. The summed E-state index contributed by atoms with van der Waals surface area (Å²) >= 11 is 0. The van der Waals surface area contributed by atoms with Crippen LogP contribution in [0.25, 0.3) is 0 Å². The first-order valence-electron chi connectivity index (χ1n) is 15.9. The minimum absolute atomic E-state index is 0.0251. The molecular weight excluding hydrogens is 579 g/mol. The molecule has 0 bridgehead atoms. The highest BCUT2D eigenvalue weighted by Gasteiger charge is 2.79. The standard InChI is InChI=1S/C34H41F5N2O3/c1-21(42)41-15-3-14-40(16-17-41)20-22-4-6-23(7-5-22)28-19-31(2)29(12-13-32(31,44)33(35,36)34(37,38)39)27-10-8-24-18-25(43)9-11-26(24)30(27)28/h4-7,18,27-29,44H,3,8-17,19-20H2,1-2H3/t27?,28-,29?,31?,32+/m1/s1. The lowest BCUT2D eigenvalue weighted by Gasteiger charge is -2.56. The van der Waals surface area contributed by atoms with E-state index >= 15 is 8.78 Å². The summed E-state index contributed by atoms with van der Waals surface area (Å²) in [6, 6.07) is 7.89. The quantitative estimate of drug-likeness (QED) is 0.387. The number of hydrogen-bond donors (Lipinski definition) is 1. The van der Waals surface area contributed by atoms with E-state index in [4.69, 9.17) is 0 Å². The number of aliphatic hydroxyl groups is 1. The maximum Gasteiger partial charge on any atom is 0.456 e. The van der Waals surface area contributed by atoms with Crippen molar-refractivity contribution in [3.05, 3.63) is 58.2 Å². The number of fused-ring (bicyclic) bond motifs is 4. The molecule has 6 rings (SSSR count). The molecule has 44 heavy (non-hydrogen) atoms. The summed E-state index contributed by atoms with van der Waals surface area (Å²) in [5, 5.41) is 11.5. The van der Waals surface area contributed by atoms with Crippen molar-refractivity contribution in [2.24, 2.45) is 17.3 Å². The van der Waals surface area contributed by atoms with Crippen molar-refractivity contribution in [1.82, 2.24) is 9.80 Å². The molecule has 0 spiro atoms. The number of rotatable bonds is 4. The van der Waals surface area contributed by atoms with Crippen LogP contribution in [0.15, 0.2) is 47.1 Å². The van der Waals surface area contributed by atoms with E-state index in [1.807, 2.05) is 29.2 Å². The van der Waals surface area contributed by atoms with E-state index in [1.165, 1.54) is 6.92 Å². The van der Waals surface area contributed by atoms with E-state index in [1.54, 1.807) is 13.0 Å². The molecule has 1 amide bonds. The van der Waals surface area contributed by atoms with Crippen molar-refractivity contribution in [1.29, 1.82) is 0 Å². The summed E-state index contributed by atoms with van der Waals surface area (Å²) < 4.78 is 71.9. The van der Waals surface area contributed by atoms with Crippen LogP contribution < -0.4 is 0 Å². The lowest BCUT2D eigenvalue weighted by molar-refractivity contribution is -0.362. The van der Waals surface area contributed by atoms with Crippen LogP contribution in [0, 0.1) is 17.3 Å². The van der Waals surface area contributed by atoms with Gasteiger partial charge in [0.1, 0.15) is 5.60 Å². The van der Waals surface area contributed by atoms with Crippen molar-refractivity contribution in [2.45, 2.75) is 95.4 Å². The molecule has 1 saturated heterocycles. The van der Waals surface area contributed by atoms with E-state index in [2.05, 4.69) is 4.90 Å². The number of allylic oxidation sites excluding steroid dienone is 4. The van der Waals surface area contributed by atoms with E-state index in [0.717, 1.165) is 53.9 Å². The van der Waals surface area contributed by atoms with Gasteiger partial charge in [0.15, 0.2) is 5.78 Å². The Bertz CT molecular complexity index is 1390. The average Bonchev–Trinajstić information content (AvgIpc) is 3.09. The molecule has 5 nitrogen and oxygen atoms in total. The van der Waals surface area contributed by atoms with Gasteiger partial charge in [-0.2, -0.15) is 22.0 Å². The number of benzene rings is 1.